The van der Waals surface area contributed by atoms with Crippen LogP contribution in [-0.4, -0.2) is 27.8 Å². The van der Waals surface area contributed by atoms with E-state index in [1.165, 1.54) is 0 Å². The second-order valence-electron chi connectivity index (χ2n) is 4.85. The van der Waals surface area contributed by atoms with Gasteiger partial charge >= 0.3 is 0 Å². The molecule has 110 valence electrons. The van der Waals surface area contributed by atoms with Crippen LogP contribution >= 0.6 is 23.6 Å². The fraction of sp³-hybridized carbons (Fsp3) is 0.267. The molecule has 0 fully saturated rings. The second kappa shape index (κ2) is 6.78. The molecule has 0 aliphatic heterocycles. The molecule has 0 unspecified atom stereocenters. The minimum atomic E-state index is 0.0590. The molecule has 1 amide bonds. The molecule has 6 heteroatoms. The number of benzene rings is 1. The molecule has 1 heterocycles. The van der Waals surface area contributed by atoms with E-state index in [9.17, 15) is 4.79 Å². The predicted octanol–water partition coefficient (Wildman–Crippen LogP) is 2.29. The third-order valence-electron chi connectivity index (χ3n) is 3.09. The molecule has 0 radical (unpaired) electrons. The van der Waals surface area contributed by atoms with Crippen LogP contribution in [0.3, 0.4) is 0 Å². The molecule has 1 aromatic carbocycles. The Morgan fingerprint density at radius 1 is 1.38 bits per heavy atom. The van der Waals surface area contributed by atoms with Crippen LogP contribution in [0, 0.1) is 6.92 Å². The van der Waals surface area contributed by atoms with Crippen molar-refractivity contribution in [3.63, 3.8) is 0 Å². The highest BCUT2D eigenvalue weighted by atomic mass is 32.1. The quantitative estimate of drug-likeness (QED) is 0.859. The van der Waals surface area contributed by atoms with E-state index in [1.807, 2.05) is 36.6 Å². The first kappa shape index (κ1) is 15.6. The molecule has 21 heavy (non-hydrogen) atoms. The maximum Gasteiger partial charge on any atom is 0.227 e. The molecule has 0 saturated heterocycles. The summed E-state index contributed by atoms with van der Waals surface area (Å²) in [5.41, 5.74) is 8.24. The van der Waals surface area contributed by atoms with Gasteiger partial charge in [0, 0.05) is 18.0 Å². The minimum absolute atomic E-state index is 0.0590. The number of hydrogen-bond donors (Lipinski definition) is 1. The Balaban J connectivity index is 1.95. The van der Waals surface area contributed by atoms with Gasteiger partial charge in [0.05, 0.1) is 23.7 Å². The van der Waals surface area contributed by atoms with Crippen LogP contribution in [0.15, 0.2) is 29.6 Å². The van der Waals surface area contributed by atoms with Gasteiger partial charge in [0.1, 0.15) is 4.99 Å². The lowest BCUT2D eigenvalue weighted by atomic mass is 10.1. The van der Waals surface area contributed by atoms with Crippen molar-refractivity contribution < 1.29 is 4.79 Å². The highest BCUT2D eigenvalue weighted by molar-refractivity contribution is 7.80. The van der Waals surface area contributed by atoms with Gasteiger partial charge in [0.25, 0.3) is 0 Å². The number of rotatable bonds is 5. The molecular formula is C15H17N3OS2. The number of carbonyl (C=O) groups is 1. The monoisotopic (exact) mass is 319 g/mol. The smallest absolute Gasteiger partial charge is 0.227 e. The number of carbonyl (C=O) groups excluding carboxylic acids is 1. The summed E-state index contributed by atoms with van der Waals surface area (Å²) in [6, 6.07) is 7.45. The van der Waals surface area contributed by atoms with Gasteiger partial charge in [-0.25, -0.2) is 4.98 Å². The summed E-state index contributed by atoms with van der Waals surface area (Å²) in [6.07, 6.45) is 0.358. The van der Waals surface area contributed by atoms with Gasteiger partial charge in [-0.3, -0.25) is 4.79 Å². The summed E-state index contributed by atoms with van der Waals surface area (Å²) in [4.78, 5) is 18.6. The molecular weight excluding hydrogens is 302 g/mol. The van der Waals surface area contributed by atoms with E-state index in [-0.39, 0.29) is 5.91 Å². The van der Waals surface area contributed by atoms with Crippen molar-refractivity contribution in [2.24, 2.45) is 5.73 Å². The fourth-order valence-electron chi connectivity index (χ4n) is 1.91. The van der Waals surface area contributed by atoms with Gasteiger partial charge in [-0.1, -0.05) is 36.5 Å². The van der Waals surface area contributed by atoms with Gasteiger partial charge in [-0.15, -0.1) is 11.3 Å². The van der Waals surface area contributed by atoms with Crippen molar-refractivity contribution in [3.8, 4) is 0 Å². The highest BCUT2D eigenvalue weighted by Crippen LogP contribution is 2.11. The van der Waals surface area contributed by atoms with Crippen molar-refractivity contribution >= 4 is 34.5 Å². The zero-order valence-electron chi connectivity index (χ0n) is 12.0. The number of nitrogens with zero attached hydrogens (tertiary/aromatic N) is 2. The van der Waals surface area contributed by atoms with E-state index in [0.29, 0.717) is 18.0 Å². The summed E-state index contributed by atoms with van der Waals surface area (Å²) in [5, 5.41) is 3.00. The Bertz CT molecular complexity index is 649. The van der Waals surface area contributed by atoms with E-state index >= 15 is 0 Å². The number of thiocarbonyl (C=S) groups is 1. The van der Waals surface area contributed by atoms with Gasteiger partial charge in [0.2, 0.25) is 5.91 Å². The SMILES string of the molecule is Cc1nc(CN(C)C(=O)Cc2ccc(C(N)=S)cc2)cs1. The molecule has 1 aromatic heterocycles. The third-order valence-corrected chi connectivity index (χ3v) is 4.14. The number of thiazole rings is 1. The number of aromatic nitrogens is 1. The molecule has 0 atom stereocenters. The zero-order valence-corrected chi connectivity index (χ0v) is 13.6. The van der Waals surface area contributed by atoms with Crippen LogP contribution in [-0.2, 0) is 17.8 Å². The Morgan fingerprint density at radius 2 is 2.05 bits per heavy atom. The number of amides is 1. The van der Waals surface area contributed by atoms with E-state index in [0.717, 1.165) is 21.8 Å². The van der Waals surface area contributed by atoms with E-state index in [1.54, 1.807) is 23.3 Å². The average molecular weight is 319 g/mol. The van der Waals surface area contributed by atoms with E-state index in [4.69, 9.17) is 18.0 Å². The summed E-state index contributed by atoms with van der Waals surface area (Å²) < 4.78 is 0. The van der Waals surface area contributed by atoms with Gasteiger partial charge < -0.3 is 10.6 Å². The minimum Gasteiger partial charge on any atom is -0.389 e. The lowest BCUT2D eigenvalue weighted by Crippen LogP contribution is -2.27. The normalized spacial score (nSPS) is 10.4. The first-order valence-corrected chi connectivity index (χ1v) is 7.78. The summed E-state index contributed by atoms with van der Waals surface area (Å²) in [5.74, 6) is 0.0590. The molecule has 2 aromatic rings. The van der Waals surface area contributed by atoms with Crippen molar-refractivity contribution in [1.82, 2.24) is 9.88 Å². The summed E-state index contributed by atoms with van der Waals surface area (Å²) in [6.45, 7) is 2.49. The average Bonchev–Trinajstić information content (AvgIpc) is 2.84. The van der Waals surface area contributed by atoms with Crippen LogP contribution in [0.5, 0.6) is 0 Å². The highest BCUT2D eigenvalue weighted by Gasteiger charge is 2.11. The van der Waals surface area contributed by atoms with Crippen LogP contribution in [0.2, 0.25) is 0 Å². The number of nitrogens with two attached hydrogens (primary N) is 1. The number of aryl methyl sites for hydroxylation is 1. The molecule has 0 aliphatic rings. The van der Waals surface area contributed by atoms with Crippen molar-refractivity contribution in [1.29, 1.82) is 0 Å². The Morgan fingerprint density at radius 3 is 2.57 bits per heavy atom. The Kier molecular flexibility index (Phi) is 5.03. The number of likely N-dealkylation sites (N-methyl/N-ethyl adjacent to an activating group) is 1. The largest absolute Gasteiger partial charge is 0.389 e. The van der Waals surface area contributed by atoms with Crippen LogP contribution in [0.4, 0.5) is 0 Å². The first-order valence-electron chi connectivity index (χ1n) is 6.49. The molecule has 0 saturated carbocycles. The van der Waals surface area contributed by atoms with Gasteiger partial charge in [-0.05, 0) is 12.5 Å². The van der Waals surface area contributed by atoms with Gasteiger partial charge in [-0.2, -0.15) is 0 Å². The molecule has 4 nitrogen and oxygen atoms in total. The molecule has 0 spiro atoms. The topological polar surface area (TPSA) is 59.2 Å². The lowest BCUT2D eigenvalue weighted by Gasteiger charge is -2.16. The van der Waals surface area contributed by atoms with Crippen LogP contribution < -0.4 is 5.73 Å². The molecule has 2 rings (SSSR count). The van der Waals surface area contributed by atoms with Crippen molar-refractivity contribution in [3.05, 3.63) is 51.5 Å². The second-order valence-corrected chi connectivity index (χ2v) is 6.35. The van der Waals surface area contributed by atoms with Crippen LogP contribution in [0.1, 0.15) is 21.8 Å². The lowest BCUT2D eigenvalue weighted by molar-refractivity contribution is -0.129. The first-order chi connectivity index (χ1) is 9.95. The van der Waals surface area contributed by atoms with E-state index < -0.39 is 0 Å². The summed E-state index contributed by atoms with van der Waals surface area (Å²) >= 11 is 6.50. The zero-order chi connectivity index (χ0) is 15.4. The third kappa shape index (κ3) is 4.34. The molecule has 2 N–H and O–H groups in total. The predicted molar refractivity (Wildman–Crippen MR) is 89.4 cm³/mol. The summed E-state index contributed by atoms with van der Waals surface area (Å²) in [7, 11) is 1.79. The Labute approximate surface area is 133 Å². The Hall–Kier alpha value is -1.79. The van der Waals surface area contributed by atoms with E-state index in [2.05, 4.69) is 4.98 Å². The maximum atomic E-state index is 12.2. The maximum absolute atomic E-state index is 12.2. The number of hydrogen-bond acceptors (Lipinski definition) is 4. The fourth-order valence-corrected chi connectivity index (χ4v) is 2.65. The van der Waals surface area contributed by atoms with Crippen molar-refractivity contribution in [2.75, 3.05) is 7.05 Å². The standard InChI is InChI=1S/C15H17N3OS2/c1-10-17-13(9-21-10)8-18(2)14(19)7-11-3-5-12(6-4-11)15(16)20/h3-6,9H,7-8H2,1-2H3,(H2,16,20). The van der Waals surface area contributed by atoms with Crippen LogP contribution in [0.25, 0.3) is 0 Å². The molecule has 0 bridgehead atoms. The van der Waals surface area contributed by atoms with Gasteiger partial charge in [0.15, 0.2) is 0 Å². The molecule has 0 aliphatic carbocycles. The van der Waals surface area contributed by atoms with Crippen molar-refractivity contribution in [2.45, 2.75) is 19.9 Å².